The molecule has 2 aliphatic rings. The fourth-order valence-corrected chi connectivity index (χ4v) is 4.68. The van der Waals surface area contributed by atoms with Gasteiger partial charge in [0.15, 0.2) is 0 Å². The number of carbonyl (C=O) groups is 1. The summed E-state index contributed by atoms with van der Waals surface area (Å²) in [4.78, 5) is 15.1. The van der Waals surface area contributed by atoms with Crippen LogP contribution >= 0.6 is 0 Å². The number of nitrogens with zero attached hydrogens (tertiary/aromatic N) is 1. The van der Waals surface area contributed by atoms with Gasteiger partial charge in [-0.25, -0.2) is 4.39 Å². The third kappa shape index (κ3) is 3.15. The lowest BCUT2D eigenvalue weighted by atomic mass is 9.75. The van der Waals surface area contributed by atoms with Crippen molar-refractivity contribution >= 4 is 11.6 Å². The Bertz CT molecular complexity index is 1120. The lowest BCUT2D eigenvalue weighted by molar-refractivity contribution is 0.0547. The number of carbonyl (C=O) groups excluding carboxylic acids is 1. The molecule has 1 fully saturated rings. The van der Waals surface area contributed by atoms with Crippen LogP contribution in [0.15, 0.2) is 66.7 Å². The molecule has 3 aromatic rings. The van der Waals surface area contributed by atoms with E-state index in [1.54, 1.807) is 24.3 Å². The van der Waals surface area contributed by atoms with Crippen molar-refractivity contribution in [2.75, 3.05) is 24.7 Å². The molecule has 0 aliphatic carbocycles. The Balaban J connectivity index is 1.60. The van der Waals surface area contributed by atoms with Crippen LogP contribution in [0.3, 0.4) is 0 Å². The van der Waals surface area contributed by atoms with Crippen LogP contribution in [0.4, 0.5) is 10.1 Å². The first kappa shape index (κ1) is 18.8. The highest BCUT2D eigenvalue weighted by Gasteiger charge is 2.45. The van der Waals surface area contributed by atoms with Gasteiger partial charge in [-0.2, -0.15) is 0 Å². The SMILES string of the molecule is O=C(c1cccc(O)c1)N1CC2(CCOCC2)c2cc(-c3cccc(F)c3)ccc21. The van der Waals surface area contributed by atoms with Crippen molar-refractivity contribution in [2.45, 2.75) is 18.3 Å². The maximum absolute atomic E-state index is 13.8. The number of halogens is 1. The number of hydrogen-bond acceptors (Lipinski definition) is 3. The Kier molecular flexibility index (Phi) is 4.55. The van der Waals surface area contributed by atoms with Crippen LogP contribution in [0.25, 0.3) is 11.1 Å². The van der Waals surface area contributed by atoms with Gasteiger partial charge in [-0.1, -0.05) is 24.3 Å². The normalized spacial score (nSPS) is 17.2. The van der Waals surface area contributed by atoms with E-state index < -0.39 is 0 Å². The summed E-state index contributed by atoms with van der Waals surface area (Å²) in [6.45, 7) is 1.88. The molecule has 2 heterocycles. The summed E-state index contributed by atoms with van der Waals surface area (Å²) in [6.07, 6.45) is 1.66. The van der Waals surface area contributed by atoms with Gasteiger partial charge in [0, 0.05) is 36.4 Å². The van der Waals surface area contributed by atoms with E-state index in [1.807, 2.05) is 23.1 Å². The van der Waals surface area contributed by atoms with Crippen LogP contribution < -0.4 is 4.90 Å². The van der Waals surface area contributed by atoms with Crippen LogP contribution in [0.2, 0.25) is 0 Å². The Morgan fingerprint density at radius 2 is 1.73 bits per heavy atom. The number of hydrogen-bond donors (Lipinski definition) is 1. The summed E-state index contributed by atoms with van der Waals surface area (Å²) in [7, 11) is 0. The van der Waals surface area contributed by atoms with Crippen molar-refractivity contribution in [3.63, 3.8) is 0 Å². The van der Waals surface area contributed by atoms with Crippen molar-refractivity contribution in [3.05, 3.63) is 83.7 Å². The first-order valence-electron chi connectivity index (χ1n) is 10.1. The number of benzene rings is 3. The number of aromatic hydroxyl groups is 1. The van der Waals surface area contributed by atoms with Crippen LogP contribution in [0.1, 0.15) is 28.8 Å². The molecule has 0 unspecified atom stereocenters. The van der Waals surface area contributed by atoms with Crippen molar-refractivity contribution < 1.29 is 19.0 Å². The van der Waals surface area contributed by atoms with E-state index in [9.17, 15) is 14.3 Å². The van der Waals surface area contributed by atoms with E-state index >= 15 is 0 Å². The maximum Gasteiger partial charge on any atom is 0.258 e. The Hall–Kier alpha value is -3.18. The first-order valence-corrected chi connectivity index (χ1v) is 10.1. The maximum atomic E-state index is 13.8. The van der Waals surface area contributed by atoms with Crippen LogP contribution in [-0.4, -0.2) is 30.8 Å². The molecule has 1 saturated heterocycles. The van der Waals surface area contributed by atoms with Gasteiger partial charge in [-0.05, 0) is 72.0 Å². The van der Waals surface area contributed by atoms with E-state index in [4.69, 9.17) is 4.74 Å². The molecule has 0 bridgehead atoms. The lowest BCUT2D eigenvalue weighted by Crippen LogP contribution is -2.40. The predicted octanol–water partition coefficient (Wildman–Crippen LogP) is 4.91. The van der Waals surface area contributed by atoms with Gasteiger partial charge in [-0.3, -0.25) is 4.79 Å². The quantitative estimate of drug-likeness (QED) is 0.662. The molecule has 0 radical (unpaired) electrons. The average Bonchev–Trinajstić information content (AvgIpc) is 3.07. The number of amides is 1. The number of phenols is 1. The van der Waals surface area contributed by atoms with Gasteiger partial charge in [0.25, 0.3) is 5.91 Å². The molecule has 0 atom stereocenters. The molecule has 1 amide bonds. The molecule has 5 rings (SSSR count). The van der Waals surface area contributed by atoms with Crippen molar-refractivity contribution in [2.24, 2.45) is 0 Å². The van der Waals surface area contributed by atoms with Gasteiger partial charge in [0.2, 0.25) is 0 Å². The highest BCUT2D eigenvalue weighted by atomic mass is 19.1. The van der Waals surface area contributed by atoms with E-state index in [1.165, 1.54) is 18.2 Å². The molecule has 0 saturated carbocycles. The zero-order chi connectivity index (χ0) is 20.7. The lowest BCUT2D eigenvalue weighted by Gasteiger charge is -2.34. The number of anilines is 1. The largest absolute Gasteiger partial charge is 0.508 e. The van der Waals surface area contributed by atoms with Gasteiger partial charge in [-0.15, -0.1) is 0 Å². The third-order valence-electron chi connectivity index (χ3n) is 6.27. The molecule has 0 aromatic heterocycles. The zero-order valence-corrected chi connectivity index (χ0v) is 16.5. The molecule has 1 spiro atoms. The summed E-state index contributed by atoms with van der Waals surface area (Å²) < 4.78 is 19.4. The van der Waals surface area contributed by atoms with Gasteiger partial charge in [0.1, 0.15) is 11.6 Å². The fraction of sp³-hybridized carbons (Fsp3) is 0.240. The van der Waals surface area contributed by atoms with Crippen molar-refractivity contribution in [3.8, 4) is 16.9 Å². The standard InChI is InChI=1S/C25H22FNO3/c26-20-5-1-3-17(13-20)18-7-8-23-22(15-18)25(9-11-30-12-10-25)16-27(23)24(29)19-4-2-6-21(28)14-19/h1-8,13-15,28H,9-12,16H2. The van der Waals surface area contributed by atoms with E-state index in [0.29, 0.717) is 25.3 Å². The molecule has 1 N–H and O–H groups in total. The van der Waals surface area contributed by atoms with Crippen LogP contribution in [-0.2, 0) is 10.2 Å². The summed E-state index contributed by atoms with van der Waals surface area (Å²) in [5.41, 5.74) is 4.03. The number of phenolic OH excluding ortho intramolecular Hbond substituents is 1. The second-order valence-corrected chi connectivity index (χ2v) is 8.08. The topological polar surface area (TPSA) is 49.8 Å². The summed E-state index contributed by atoms with van der Waals surface area (Å²) >= 11 is 0. The number of fused-ring (bicyclic) bond motifs is 2. The van der Waals surface area contributed by atoms with E-state index in [2.05, 4.69) is 6.07 Å². The monoisotopic (exact) mass is 403 g/mol. The number of ether oxygens (including phenoxy) is 1. The zero-order valence-electron chi connectivity index (χ0n) is 16.5. The minimum Gasteiger partial charge on any atom is -0.508 e. The Labute approximate surface area is 174 Å². The first-order chi connectivity index (χ1) is 14.6. The fourth-order valence-electron chi connectivity index (χ4n) is 4.68. The highest BCUT2D eigenvalue weighted by molar-refractivity contribution is 6.08. The number of rotatable bonds is 2. The van der Waals surface area contributed by atoms with Gasteiger partial charge < -0.3 is 14.7 Å². The minimum atomic E-state index is -0.269. The van der Waals surface area contributed by atoms with Crippen LogP contribution in [0.5, 0.6) is 5.75 Å². The third-order valence-corrected chi connectivity index (χ3v) is 6.27. The molecule has 5 heteroatoms. The van der Waals surface area contributed by atoms with Crippen molar-refractivity contribution in [1.29, 1.82) is 0 Å². The molecule has 30 heavy (non-hydrogen) atoms. The second-order valence-electron chi connectivity index (χ2n) is 8.08. The summed E-state index contributed by atoms with van der Waals surface area (Å²) in [5.74, 6) is -0.328. The van der Waals surface area contributed by atoms with E-state index in [0.717, 1.165) is 35.2 Å². The Morgan fingerprint density at radius 3 is 2.50 bits per heavy atom. The van der Waals surface area contributed by atoms with E-state index in [-0.39, 0.29) is 22.9 Å². The molecule has 4 nitrogen and oxygen atoms in total. The summed E-state index contributed by atoms with van der Waals surface area (Å²) in [5, 5.41) is 9.81. The predicted molar refractivity (Wildman–Crippen MR) is 113 cm³/mol. The molecule has 2 aliphatic heterocycles. The highest BCUT2D eigenvalue weighted by Crippen LogP contribution is 2.48. The van der Waals surface area contributed by atoms with Crippen LogP contribution in [0, 0.1) is 5.82 Å². The molecule has 3 aromatic carbocycles. The average molecular weight is 403 g/mol. The van der Waals surface area contributed by atoms with Gasteiger partial charge >= 0.3 is 0 Å². The Morgan fingerprint density at radius 1 is 0.967 bits per heavy atom. The smallest absolute Gasteiger partial charge is 0.258 e. The molecule has 152 valence electrons. The van der Waals surface area contributed by atoms with Gasteiger partial charge in [0.05, 0.1) is 0 Å². The summed E-state index contributed by atoms with van der Waals surface area (Å²) in [6, 6.07) is 19.0. The molecular formula is C25H22FNO3. The van der Waals surface area contributed by atoms with Crippen molar-refractivity contribution in [1.82, 2.24) is 0 Å². The minimum absolute atomic E-state index is 0.0718. The molecular weight excluding hydrogens is 381 g/mol. The second kappa shape index (κ2) is 7.26.